The maximum absolute atomic E-state index is 12.5. The van der Waals surface area contributed by atoms with Gasteiger partial charge in [-0.05, 0) is 79.4 Å². The molecule has 3 N–H and O–H groups in total. The fourth-order valence-electron chi connectivity index (χ4n) is 4.58. The number of hydrogen-bond donors (Lipinski definition) is 3. The van der Waals surface area contributed by atoms with Crippen molar-refractivity contribution in [1.29, 1.82) is 0 Å². The van der Waals surface area contributed by atoms with E-state index in [1.807, 2.05) is 60.7 Å². The highest BCUT2D eigenvalue weighted by Gasteiger charge is 2.25. The molecule has 2 aromatic carbocycles. The lowest BCUT2D eigenvalue weighted by atomic mass is 10.2. The first kappa shape index (κ1) is 49.4. The molecule has 2 aromatic rings. The quantitative estimate of drug-likeness (QED) is 0.0927. The number of carbonyl (C=O) groups excluding carboxylic acids is 4. The Morgan fingerprint density at radius 1 is 0.679 bits per heavy atom. The van der Waals surface area contributed by atoms with Crippen LogP contribution in [0.4, 0.5) is 19.2 Å². The Morgan fingerprint density at radius 3 is 1.39 bits per heavy atom. The van der Waals surface area contributed by atoms with Crippen molar-refractivity contribution in [1.82, 2.24) is 20.4 Å². The fourth-order valence-corrected chi connectivity index (χ4v) is 5.00. The van der Waals surface area contributed by atoms with Crippen LogP contribution in [0.5, 0.6) is 0 Å². The smallest absolute Gasteiger partial charge is 0.410 e. The van der Waals surface area contributed by atoms with Crippen LogP contribution in [0.15, 0.2) is 60.7 Å². The van der Waals surface area contributed by atoms with Gasteiger partial charge >= 0.3 is 24.4 Å². The number of benzene rings is 2. The summed E-state index contributed by atoms with van der Waals surface area (Å²) in [6.07, 6.45) is -0.498. The van der Waals surface area contributed by atoms with E-state index in [4.69, 9.17) is 28.2 Å². The summed E-state index contributed by atoms with van der Waals surface area (Å²) in [5.41, 5.74) is 0.458. The zero-order chi connectivity index (χ0) is 42.4. The number of nitrogens with zero attached hydrogens (tertiary/aromatic N) is 2. The lowest BCUT2D eigenvalue weighted by molar-refractivity contribution is 0.0215. The molecule has 0 saturated heterocycles. The Kier molecular flexibility index (Phi) is 21.9. The molecule has 0 aliphatic rings. The molecule has 0 saturated carbocycles. The maximum atomic E-state index is 12.5. The molecule has 17 heteroatoms. The van der Waals surface area contributed by atoms with Crippen molar-refractivity contribution < 1.29 is 55.8 Å². The van der Waals surface area contributed by atoms with Crippen molar-refractivity contribution in [2.45, 2.75) is 105 Å². The highest BCUT2D eigenvalue weighted by molar-refractivity contribution is 7.85. The van der Waals surface area contributed by atoms with Gasteiger partial charge in [0.25, 0.3) is 10.1 Å². The molecule has 316 valence electrons. The second-order valence-corrected chi connectivity index (χ2v) is 16.7. The topological polar surface area (TPSA) is 199 Å². The van der Waals surface area contributed by atoms with Gasteiger partial charge in [-0.1, -0.05) is 60.7 Å². The van der Waals surface area contributed by atoms with Crippen molar-refractivity contribution in [3.8, 4) is 0 Å². The van der Waals surface area contributed by atoms with Crippen LogP contribution in [0.2, 0.25) is 0 Å². The molecule has 0 radical (unpaired) electrons. The molecular weight excluding hydrogens is 749 g/mol. The summed E-state index contributed by atoms with van der Waals surface area (Å²) < 4.78 is 48.0. The number of hydrogen-bond acceptors (Lipinski definition) is 12. The van der Waals surface area contributed by atoms with E-state index in [0.29, 0.717) is 13.0 Å². The minimum absolute atomic E-state index is 0.0276. The van der Waals surface area contributed by atoms with E-state index in [9.17, 15) is 27.6 Å². The Balaban J connectivity index is 0.000000566. The van der Waals surface area contributed by atoms with E-state index >= 15 is 0 Å². The van der Waals surface area contributed by atoms with Gasteiger partial charge in [0.05, 0.1) is 12.9 Å². The highest BCUT2D eigenvalue weighted by Crippen LogP contribution is 2.13. The number of carbonyl (C=O) groups is 4. The third-order valence-electron chi connectivity index (χ3n) is 6.90. The number of aliphatic hydroxyl groups excluding tert-OH is 1. The van der Waals surface area contributed by atoms with Crippen molar-refractivity contribution in [3.05, 3.63) is 71.8 Å². The molecule has 0 aromatic heterocycles. The molecule has 16 nitrogen and oxygen atoms in total. The molecular formula is C39H62N4O12S. The fraction of sp³-hybridized carbons (Fsp3) is 0.590. The van der Waals surface area contributed by atoms with E-state index in [0.717, 1.165) is 17.4 Å². The average Bonchev–Trinajstić information content (AvgIpc) is 3.08. The summed E-state index contributed by atoms with van der Waals surface area (Å²) in [5, 5.41) is 14.4. The van der Waals surface area contributed by atoms with Gasteiger partial charge < -0.3 is 44.5 Å². The Bertz CT molecular complexity index is 1570. The number of nitrogens with one attached hydrogen (secondary N) is 2. The van der Waals surface area contributed by atoms with Gasteiger partial charge in [-0.15, -0.1) is 0 Å². The molecule has 0 bridgehead atoms. The van der Waals surface area contributed by atoms with Crippen LogP contribution < -0.4 is 10.6 Å². The van der Waals surface area contributed by atoms with Gasteiger partial charge in [-0.3, -0.25) is 4.18 Å². The SMILES string of the molecule is C[C@@H](CN(CCCO)C(=O)OC(C)(C)C)NC(=O)OCc1ccccc1.C[C@@H](CN(CCCOS(C)(=O)=O)C(=O)OC(C)(C)C)NC(=O)OCc1ccccc1. The molecule has 2 rings (SSSR count). The van der Waals surface area contributed by atoms with Crippen LogP contribution in [0.1, 0.15) is 79.4 Å². The zero-order valence-corrected chi connectivity index (χ0v) is 35.1. The largest absolute Gasteiger partial charge is 0.445 e. The summed E-state index contributed by atoms with van der Waals surface area (Å²) in [7, 11) is -3.55. The predicted molar refractivity (Wildman–Crippen MR) is 211 cm³/mol. The normalized spacial score (nSPS) is 12.5. The third kappa shape index (κ3) is 25.5. The van der Waals surface area contributed by atoms with Gasteiger partial charge in [0.15, 0.2) is 0 Å². The van der Waals surface area contributed by atoms with Gasteiger partial charge in [-0.25, -0.2) is 19.2 Å². The van der Waals surface area contributed by atoms with Crippen LogP contribution in [-0.2, 0) is 46.5 Å². The van der Waals surface area contributed by atoms with Gasteiger partial charge in [0.2, 0.25) is 0 Å². The summed E-state index contributed by atoms with van der Waals surface area (Å²) in [6, 6.07) is 17.9. The Labute approximate surface area is 332 Å². The lowest BCUT2D eigenvalue weighted by Gasteiger charge is -2.29. The number of ether oxygens (including phenoxy) is 4. The molecule has 0 aliphatic heterocycles. The molecule has 0 aliphatic carbocycles. The van der Waals surface area contributed by atoms with Gasteiger partial charge in [-0.2, -0.15) is 8.42 Å². The molecule has 4 amide bonds. The van der Waals surface area contributed by atoms with E-state index in [-0.39, 0.29) is 58.5 Å². The summed E-state index contributed by atoms with van der Waals surface area (Å²) in [5.74, 6) is 0. The minimum Gasteiger partial charge on any atom is -0.445 e. The van der Waals surface area contributed by atoms with E-state index < -0.39 is 51.7 Å². The van der Waals surface area contributed by atoms with E-state index in [1.165, 1.54) is 9.80 Å². The molecule has 0 fully saturated rings. The number of aliphatic hydroxyl groups is 1. The first-order chi connectivity index (χ1) is 26.1. The minimum atomic E-state index is -3.55. The Morgan fingerprint density at radius 2 is 1.05 bits per heavy atom. The predicted octanol–water partition coefficient (Wildman–Crippen LogP) is 5.83. The second-order valence-electron chi connectivity index (χ2n) is 15.0. The number of alkyl carbamates (subject to hydrolysis) is 2. The highest BCUT2D eigenvalue weighted by atomic mass is 32.2. The standard InChI is InChI=1S/C20H32N2O7S.C19H30N2O5/c1-16(21-18(23)27-15-17-10-7-6-8-11-17)14-22(19(24)29-20(2,3)4)12-9-13-28-30(5,25)26;1-15(20-17(23)25-14-16-9-6-5-7-10-16)13-21(11-8-12-22)18(24)26-19(2,3)4/h6-8,10-11,16H,9,12-15H2,1-5H3,(H,21,23);5-7,9-10,15,22H,8,11-14H2,1-4H3,(H,20,23)/t16-;15-/m00/s1. The first-order valence-corrected chi connectivity index (χ1v) is 20.2. The summed E-state index contributed by atoms with van der Waals surface area (Å²) in [6.45, 7) is 15.3. The van der Waals surface area contributed by atoms with Crippen LogP contribution >= 0.6 is 0 Å². The summed E-state index contributed by atoms with van der Waals surface area (Å²) in [4.78, 5) is 51.6. The van der Waals surface area contributed by atoms with Crippen molar-refractivity contribution >= 4 is 34.5 Å². The van der Waals surface area contributed by atoms with Crippen LogP contribution in [0.25, 0.3) is 0 Å². The van der Waals surface area contributed by atoms with Crippen molar-refractivity contribution in [3.63, 3.8) is 0 Å². The Hall–Kier alpha value is -4.61. The average molecular weight is 811 g/mol. The second kappa shape index (κ2) is 24.8. The van der Waals surface area contributed by atoms with Gasteiger partial charge in [0.1, 0.15) is 24.4 Å². The number of amides is 4. The van der Waals surface area contributed by atoms with E-state index in [2.05, 4.69) is 10.6 Å². The van der Waals surface area contributed by atoms with Crippen LogP contribution in [-0.4, -0.2) is 117 Å². The van der Waals surface area contributed by atoms with Crippen molar-refractivity contribution in [2.24, 2.45) is 0 Å². The molecule has 0 spiro atoms. The first-order valence-electron chi connectivity index (χ1n) is 18.4. The van der Waals surface area contributed by atoms with Crippen molar-refractivity contribution in [2.75, 3.05) is 45.6 Å². The number of rotatable bonds is 18. The maximum Gasteiger partial charge on any atom is 0.410 e. The van der Waals surface area contributed by atoms with Crippen LogP contribution in [0.3, 0.4) is 0 Å². The molecule has 56 heavy (non-hydrogen) atoms. The summed E-state index contributed by atoms with van der Waals surface area (Å²) >= 11 is 0. The van der Waals surface area contributed by atoms with Gasteiger partial charge in [0, 0.05) is 44.9 Å². The lowest BCUT2D eigenvalue weighted by Crippen LogP contribution is -2.46. The monoisotopic (exact) mass is 810 g/mol. The molecule has 0 heterocycles. The van der Waals surface area contributed by atoms with E-state index in [1.54, 1.807) is 55.4 Å². The van der Waals surface area contributed by atoms with Crippen LogP contribution in [0, 0.1) is 0 Å². The molecule has 2 atom stereocenters. The zero-order valence-electron chi connectivity index (χ0n) is 34.2. The molecule has 0 unspecified atom stereocenters. The third-order valence-corrected chi connectivity index (χ3v) is 7.50.